The Bertz CT molecular complexity index is 1250. The van der Waals surface area contributed by atoms with Gasteiger partial charge in [0, 0.05) is 12.5 Å². The molecule has 3 aromatic rings. The normalized spacial score (nSPS) is 21.5. The quantitative estimate of drug-likeness (QED) is 0.425. The second-order valence-electron chi connectivity index (χ2n) is 10.7. The number of piperidine rings is 1. The Balaban J connectivity index is 1.00. The Kier molecular flexibility index (Phi) is 7.50. The first-order chi connectivity index (χ1) is 19.2. The summed E-state index contributed by atoms with van der Waals surface area (Å²) < 4.78 is 17.1. The molecular weight excluding hydrogens is 492 g/mol. The molecule has 0 radical (unpaired) electrons. The van der Waals surface area contributed by atoms with Gasteiger partial charge in [-0.3, -0.25) is 4.90 Å². The zero-order valence-corrected chi connectivity index (χ0v) is 22.0. The molecule has 7 nitrogen and oxygen atoms in total. The molecule has 0 saturated carbocycles. The number of carbonyl (C=O) groups excluding carboxylic acids is 2. The van der Waals surface area contributed by atoms with Crippen molar-refractivity contribution >= 4 is 12.2 Å². The lowest BCUT2D eigenvalue weighted by Crippen LogP contribution is -2.59. The van der Waals surface area contributed by atoms with Gasteiger partial charge in [-0.15, -0.1) is 0 Å². The monoisotopic (exact) mass is 526 g/mol. The van der Waals surface area contributed by atoms with Gasteiger partial charge in [-0.2, -0.15) is 0 Å². The predicted molar refractivity (Wildman–Crippen MR) is 147 cm³/mol. The van der Waals surface area contributed by atoms with E-state index in [-0.39, 0.29) is 30.7 Å². The molecule has 202 valence electrons. The number of rotatable bonds is 7. The molecule has 39 heavy (non-hydrogen) atoms. The van der Waals surface area contributed by atoms with Crippen LogP contribution in [0.5, 0.6) is 0 Å². The van der Waals surface area contributed by atoms with Gasteiger partial charge in [0.2, 0.25) is 0 Å². The number of amides is 2. The molecule has 2 amide bonds. The summed E-state index contributed by atoms with van der Waals surface area (Å²) in [5.41, 5.74) is 5.82. The Hall–Kier alpha value is -3.84. The highest BCUT2D eigenvalue weighted by molar-refractivity contribution is 5.79. The van der Waals surface area contributed by atoms with Crippen molar-refractivity contribution in [3.63, 3.8) is 0 Å². The summed E-state index contributed by atoms with van der Waals surface area (Å²) in [6.07, 6.45) is 1.85. The van der Waals surface area contributed by atoms with Gasteiger partial charge in [-0.05, 0) is 53.0 Å². The molecule has 2 unspecified atom stereocenters. The maximum Gasteiger partial charge on any atom is 0.410 e. The molecule has 3 aromatic carbocycles. The van der Waals surface area contributed by atoms with Gasteiger partial charge < -0.3 is 19.5 Å². The van der Waals surface area contributed by atoms with E-state index in [4.69, 9.17) is 14.2 Å². The van der Waals surface area contributed by atoms with E-state index in [2.05, 4.69) is 41.7 Å². The third-order valence-corrected chi connectivity index (χ3v) is 8.20. The molecule has 0 spiro atoms. The first kappa shape index (κ1) is 25.4. The summed E-state index contributed by atoms with van der Waals surface area (Å²) in [6.45, 7) is 2.16. The van der Waals surface area contributed by atoms with Crippen molar-refractivity contribution in [1.82, 2.24) is 10.2 Å². The van der Waals surface area contributed by atoms with Gasteiger partial charge in [-0.25, -0.2) is 9.59 Å². The Morgan fingerprint density at radius 2 is 1.44 bits per heavy atom. The lowest BCUT2D eigenvalue weighted by molar-refractivity contribution is -0.0793. The van der Waals surface area contributed by atoms with Crippen LogP contribution in [0.3, 0.4) is 0 Å². The van der Waals surface area contributed by atoms with E-state index in [1.54, 1.807) is 0 Å². The molecule has 1 aliphatic carbocycles. The molecule has 7 heteroatoms. The molecule has 2 bridgehead atoms. The minimum absolute atomic E-state index is 0.0109. The van der Waals surface area contributed by atoms with Gasteiger partial charge in [0.1, 0.15) is 13.2 Å². The van der Waals surface area contributed by atoms with E-state index in [9.17, 15) is 9.59 Å². The molecule has 2 heterocycles. The van der Waals surface area contributed by atoms with Crippen LogP contribution in [0.25, 0.3) is 11.1 Å². The summed E-state index contributed by atoms with van der Waals surface area (Å²) >= 11 is 0. The van der Waals surface area contributed by atoms with Crippen LogP contribution in [0.2, 0.25) is 0 Å². The van der Waals surface area contributed by atoms with Crippen LogP contribution in [0.4, 0.5) is 9.59 Å². The fourth-order valence-corrected chi connectivity index (χ4v) is 6.38. The van der Waals surface area contributed by atoms with Gasteiger partial charge in [0.25, 0.3) is 0 Å². The summed E-state index contributed by atoms with van der Waals surface area (Å²) in [7, 11) is 0. The van der Waals surface area contributed by atoms with Crippen LogP contribution < -0.4 is 5.32 Å². The third kappa shape index (κ3) is 5.50. The predicted octanol–water partition coefficient (Wildman–Crippen LogP) is 5.73. The Labute approximate surface area is 229 Å². The number of nitrogens with zero attached hydrogens (tertiary/aromatic N) is 1. The molecule has 1 N–H and O–H groups in total. The fourth-order valence-electron chi connectivity index (χ4n) is 6.38. The van der Waals surface area contributed by atoms with Crippen LogP contribution in [0, 0.1) is 5.92 Å². The number of morpholine rings is 1. The van der Waals surface area contributed by atoms with Crippen molar-refractivity contribution in [2.75, 3.05) is 26.4 Å². The number of fused-ring (bicyclic) bond motifs is 5. The molecule has 3 aliphatic rings. The largest absolute Gasteiger partial charge is 0.448 e. The lowest BCUT2D eigenvalue weighted by Gasteiger charge is -2.47. The number of benzene rings is 3. The first-order valence-corrected chi connectivity index (χ1v) is 13.8. The number of hydrogen-bond donors (Lipinski definition) is 1. The topological polar surface area (TPSA) is 77.1 Å². The maximum atomic E-state index is 13.4. The average molecular weight is 527 g/mol. The molecule has 6 rings (SSSR count). The smallest absolute Gasteiger partial charge is 0.410 e. The number of alkyl carbamates (subject to hydrolysis) is 1. The van der Waals surface area contributed by atoms with Crippen LogP contribution in [-0.4, -0.2) is 55.5 Å². The maximum absolute atomic E-state index is 13.4. The fraction of sp³-hybridized carbons (Fsp3) is 0.375. The van der Waals surface area contributed by atoms with Crippen molar-refractivity contribution in [2.24, 2.45) is 5.92 Å². The minimum atomic E-state index is -0.404. The second kappa shape index (κ2) is 11.5. The van der Waals surface area contributed by atoms with E-state index >= 15 is 0 Å². The SMILES string of the molecule is O=C(NCCC1CC2COCC(C1)N2C(=O)OCC1c2ccccc2-c2ccccc21)OCc1ccccc1. The van der Waals surface area contributed by atoms with Gasteiger partial charge in [-0.1, -0.05) is 78.9 Å². The van der Waals surface area contributed by atoms with E-state index in [0.717, 1.165) is 24.8 Å². The zero-order chi connectivity index (χ0) is 26.6. The number of carbonyl (C=O) groups is 2. The van der Waals surface area contributed by atoms with Gasteiger partial charge >= 0.3 is 12.2 Å². The number of hydrogen-bond acceptors (Lipinski definition) is 5. The van der Waals surface area contributed by atoms with Crippen molar-refractivity contribution in [3.05, 3.63) is 95.6 Å². The lowest BCUT2D eigenvalue weighted by atomic mass is 9.83. The van der Waals surface area contributed by atoms with Crippen LogP contribution >= 0.6 is 0 Å². The van der Waals surface area contributed by atoms with Crippen LogP contribution in [0.15, 0.2) is 78.9 Å². The second-order valence-corrected chi connectivity index (χ2v) is 10.7. The van der Waals surface area contributed by atoms with Gasteiger partial charge in [0.05, 0.1) is 25.3 Å². The van der Waals surface area contributed by atoms with Crippen molar-refractivity contribution in [3.8, 4) is 11.1 Å². The average Bonchev–Trinajstić information content (AvgIpc) is 3.28. The molecular formula is C32H34N2O5. The van der Waals surface area contributed by atoms with Crippen molar-refractivity contribution in [1.29, 1.82) is 0 Å². The summed E-state index contributed by atoms with van der Waals surface area (Å²) in [6, 6.07) is 26.4. The van der Waals surface area contributed by atoms with Crippen LogP contribution in [0.1, 0.15) is 41.9 Å². The minimum Gasteiger partial charge on any atom is -0.448 e. The van der Waals surface area contributed by atoms with Crippen LogP contribution in [-0.2, 0) is 20.8 Å². The molecule has 2 atom stereocenters. The van der Waals surface area contributed by atoms with E-state index in [1.165, 1.54) is 22.3 Å². The summed E-state index contributed by atoms with van der Waals surface area (Å²) in [4.78, 5) is 27.4. The highest BCUT2D eigenvalue weighted by Crippen LogP contribution is 2.44. The number of nitrogens with one attached hydrogen (secondary N) is 1. The van der Waals surface area contributed by atoms with E-state index in [0.29, 0.717) is 32.3 Å². The highest BCUT2D eigenvalue weighted by atomic mass is 16.6. The highest BCUT2D eigenvalue weighted by Gasteiger charge is 2.42. The summed E-state index contributed by atoms with van der Waals surface area (Å²) in [5, 5.41) is 2.87. The molecule has 0 aromatic heterocycles. The van der Waals surface area contributed by atoms with Crippen molar-refractivity contribution < 1.29 is 23.8 Å². The Morgan fingerprint density at radius 3 is 2.10 bits per heavy atom. The van der Waals surface area contributed by atoms with Crippen molar-refractivity contribution in [2.45, 2.75) is 43.9 Å². The third-order valence-electron chi connectivity index (χ3n) is 8.20. The number of ether oxygens (including phenoxy) is 3. The van der Waals surface area contributed by atoms with E-state index in [1.807, 2.05) is 47.4 Å². The van der Waals surface area contributed by atoms with E-state index < -0.39 is 6.09 Å². The zero-order valence-electron chi connectivity index (χ0n) is 22.0. The van der Waals surface area contributed by atoms with Gasteiger partial charge in [0.15, 0.2) is 0 Å². The first-order valence-electron chi connectivity index (χ1n) is 13.8. The molecule has 2 aliphatic heterocycles. The Morgan fingerprint density at radius 1 is 0.821 bits per heavy atom. The summed E-state index contributed by atoms with van der Waals surface area (Å²) in [5.74, 6) is 0.443. The standard InChI is InChI=1S/C32H34N2O5/c35-31(38-18-22-8-2-1-3-9-22)33-15-14-23-16-24-19-37-20-25(17-23)34(24)32(36)39-21-30-28-12-6-4-10-26(28)27-11-5-7-13-29(27)30/h1-13,23-25,30H,14-21H2,(H,33,35). The molecule has 2 saturated heterocycles. The molecule has 2 fully saturated rings.